The lowest BCUT2D eigenvalue weighted by Crippen LogP contribution is -2.12. The summed E-state index contributed by atoms with van der Waals surface area (Å²) in [7, 11) is 0. The molecule has 1 N–H and O–H groups in total. The minimum atomic E-state index is -4.96. The van der Waals surface area contributed by atoms with Gasteiger partial charge >= 0.3 is 18.1 Å². The van der Waals surface area contributed by atoms with Crippen molar-refractivity contribution in [1.82, 2.24) is 0 Å². The molecule has 0 unspecified atom stereocenters. The van der Waals surface area contributed by atoms with Crippen molar-refractivity contribution in [3.63, 3.8) is 0 Å². The molecular weight excluding hydrogens is 245 g/mol. The Labute approximate surface area is 92.8 Å². The van der Waals surface area contributed by atoms with Gasteiger partial charge in [0.25, 0.3) is 0 Å². The highest BCUT2D eigenvalue weighted by Gasteiger charge is 2.41. The minimum Gasteiger partial charge on any atom is -0.475 e. The van der Waals surface area contributed by atoms with E-state index in [1.54, 1.807) is 0 Å². The summed E-state index contributed by atoms with van der Waals surface area (Å²) in [5.74, 6) is -5.63. The lowest BCUT2D eigenvalue weighted by molar-refractivity contribution is -0.153. The van der Waals surface area contributed by atoms with Gasteiger partial charge in [-0.1, -0.05) is 0 Å². The maximum absolute atomic E-state index is 12.4. The summed E-state index contributed by atoms with van der Waals surface area (Å²) in [6.45, 7) is 1.27. The Bertz CT molecular complexity index is 446. The van der Waals surface area contributed by atoms with E-state index < -0.39 is 35.2 Å². The second-order valence-electron chi connectivity index (χ2n) is 2.88. The van der Waals surface area contributed by atoms with E-state index in [0.717, 1.165) is 0 Å². The minimum absolute atomic E-state index is 0.135. The van der Waals surface area contributed by atoms with E-state index in [1.165, 1.54) is 6.92 Å². The Morgan fingerprint density at radius 2 is 2.06 bits per heavy atom. The number of rotatable bonds is 3. The molecule has 1 rings (SSSR count). The fourth-order valence-electron chi connectivity index (χ4n) is 1.07. The summed E-state index contributed by atoms with van der Waals surface area (Å²) >= 11 is 0. The van der Waals surface area contributed by atoms with Crippen LogP contribution in [0.15, 0.2) is 10.5 Å². The first-order chi connectivity index (χ1) is 7.77. The number of halogens is 3. The maximum atomic E-state index is 12.4. The summed E-state index contributed by atoms with van der Waals surface area (Å²) in [6, 6.07) is 0.489. The molecule has 94 valence electrons. The summed E-state index contributed by atoms with van der Waals surface area (Å²) in [5.41, 5.74) is -0.947. The summed E-state index contributed by atoms with van der Waals surface area (Å²) < 4.78 is 45.7. The number of ether oxygens (including phenoxy) is 1. The predicted octanol–water partition coefficient (Wildman–Crippen LogP) is 2.17. The second kappa shape index (κ2) is 4.48. The molecule has 0 amide bonds. The number of furan rings is 1. The van der Waals surface area contributed by atoms with E-state index in [2.05, 4.69) is 9.15 Å². The summed E-state index contributed by atoms with van der Waals surface area (Å²) in [5, 5.41) is 8.49. The van der Waals surface area contributed by atoms with Crippen LogP contribution >= 0.6 is 0 Å². The van der Waals surface area contributed by atoms with Crippen LogP contribution in [0.3, 0.4) is 0 Å². The molecule has 0 aliphatic rings. The van der Waals surface area contributed by atoms with Crippen molar-refractivity contribution >= 4 is 11.9 Å². The summed E-state index contributed by atoms with van der Waals surface area (Å²) in [6.07, 6.45) is -4.96. The van der Waals surface area contributed by atoms with Crippen LogP contribution in [0.2, 0.25) is 0 Å². The van der Waals surface area contributed by atoms with E-state index in [1.807, 2.05) is 0 Å². The van der Waals surface area contributed by atoms with Crippen molar-refractivity contribution in [2.75, 3.05) is 6.61 Å². The number of alkyl halides is 3. The van der Waals surface area contributed by atoms with Gasteiger partial charge in [0.2, 0.25) is 11.5 Å². The molecule has 5 nitrogen and oxygen atoms in total. The van der Waals surface area contributed by atoms with Gasteiger partial charge in [0, 0.05) is 6.07 Å². The van der Waals surface area contributed by atoms with Crippen molar-refractivity contribution in [2.45, 2.75) is 13.1 Å². The SMILES string of the molecule is CCOC(=O)c1cc(C(=O)O)oc1C(F)(F)F. The Balaban J connectivity index is 3.26. The molecule has 0 aliphatic carbocycles. The Morgan fingerprint density at radius 1 is 1.47 bits per heavy atom. The van der Waals surface area contributed by atoms with Crippen molar-refractivity contribution in [1.29, 1.82) is 0 Å². The van der Waals surface area contributed by atoms with Gasteiger partial charge in [0.1, 0.15) is 5.56 Å². The molecule has 1 aromatic rings. The molecule has 0 fully saturated rings. The van der Waals surface area contributed by atoms with Crippen LogP contribution in [-0.4, -0.2) is 23.7 Å². The molecule has 0 aliphatic heterocycles. The molecule has 17 heavy (non-hydrogen) atoms. The fraction of sp³-hybridized carbons (Fsp3) is 0.333. The van der Waals surface area contributed by atoms with Gasteiger partial charge in [-0.15, -0.1) is 0 Å². The van der Waals surface area contributed by atoms with Gasteiger partial charge in [-0.3, -0.25) is 0 Å². The molecule has 0 spiro atoms. The van der Waals surface area contributed by atoms with Crippen LogP contribution in [0.25, 0.3) is 0 Å². The zero-order valence-electron chi connectivity index (χ0n) is 8.50. The van der Waals surface area contributed by atoms with Crippen molar-refractivity contribution in [3.05, 3.63) is 23.2 Å². The summed E-state index contributed by atoms with van der Waals surface area (Å²) in [4.78, 5) is 21.6. The van der Waals surface area contributed by atoms with Crippen LogP contribution in [0.5, 0.6) is 0 Å². The Morgan fingerprint density at radius 3 is 2.47 bits per heavy atom. The molecule has 0 saturated carbocycles. The molecule has 1 aromatic heterocycles. The molecule has 0 bridgehead atoms. The highest BCUT2D eigenvalue weighted by Crippen LogP contribution is 2.34. The number of hydrogen-bond donors (Lipinski definition) is 1. The van der Waals surface area contributed by atoms with E-state index in [9.17, 15) is 22.8 Å². The average molecular weight is 252 g/mol. The first-order valence-electron chi connectivity index (χ1n) is 4.38. The predicted molar refractivity (Wildman–Crippen MR) is 46.6 cm³/mol. The van der Waals surface area contributed by atoms with Crippen LogP contribution in [0.1, 0.15) is 33.6 Å². The first-order valence-corrected chi connectivity index (χ1v) is 4.38. The monoisotopic (exact) mass is 252 g/mol. The molecule has 0 saturated heterocycles. The number of hydrogen-bond acceptors (Lipinski definition) is 4. The van der Waals surface area contributed by atoms with Crippen molar-refractivity contribution < 1.29 is 37.0 Å². The van der Waals surface area contributed by atoms with Gasteiger partial charge < -0.3 is 14.3 Å². The fourth-order valence-corrected chi connectivity index (χ4v) is 1.07. The van der Waals surface area contributed by atoms with E-state index >= 15 is 0 Å². The van der Waals surface area contributed by atoms with Gasteiger partial charge in [0.15, 0.2) is 0 Å². The topological polar surface area (TPSA) is 76.7 Å². The normalized spacial score (nSPS) is 11.3. The third-order valence-electron chi connectivity index (χ3n) is 1.70. The maximum Gasteiger partial charge on any atom is 0.450 e. The van der Waals surface area contributed by atoms with Crippen LogP contribution in [0, 0.1) is 0 Å². The third-order valence-corrected chi connectivity index (χ3v) is 1.70. The van der Waals surface area contributed by atoms with E-state index in [4.69, 9.17) is 5.11 Å². The largest absolute Gasteiger partial charge is 0.475 e. The molecule has 1 heterocycles. The lowest BCUT2D eigenvalue weighted by atomic mass is 10.2. The molecule has 0 aromatic carbocycles. The zero-order chi connectivity index (χ0) is 13.2. The molecule has 0 radical (unpaired) electrons. The van der Waals surface area contributed by atoms with E-state index in [0.29, 0.717) is 6.07 Å². The number of carbonyl (C=O) groups is 2. The number of carbonyl (C=O) groups excluding carboxylic acids is 1. The van der Waals surface area contributed by atoms with Crippen molar-refractivity contribution in [3.8, 4) is 0 Å². The number of aromatic carboxylic acids is 1. The zero-order valence-corrected chi connectivity index (χ0v) is 8.50. The Hall–Kier alpha value is -1.99. The van der Waals surface area contributed by atoms with Crippen molar-refractivity contribution in [2.24, 2.45) is 0 Å². The third kappa shape index (κ3) is 2.77. The second-order valence-corrected chi connectivity index (χ2v) is 2.88. The first kappa shape index (κ1) is 13.1. The molecular formula is C9H7F3O5. The Kier molecular flexibility index (Phi) is 3.45. The van der Waals surface area contributed by atoms with E-state index in [-0.39, 0.29) is 6.61 Å². The lowest BCUT2D eigenvalue weighted by Gasteiger charge is -2.05. The van der Waals surface area contributed by atoms with Crippen LogP contribution in [-0.2, 0) is 10.9 Å². The van der Waals surface area contributed by atoms with Crippen LogP contribution in [0.4, 0.5) is 13.2 Å². The van der Waals surface area contributed by atoms with Gasteiger partial charge in [0.05, 0.1) is 6.61 Å². The number of carboxylic acids is 1. The van der Waals surface area contributed by atoms with Gasteiger partial charge in [-0.05, 0) is 6.92 Å². The molecule has 0 atom stereocenters. The average Bonchev–Trinajstić information content (AvgIpc) is 2.61. The van der Waals surface area contributed by atoms with Gasteiger partial charge in [-0.25, -0.2) is 9.59 Å². The molecule has 8 heteroatoms. The standard InChI is InChI=1S/C9H7F3O5/c1-2-16-8(15)4-3-5(7(13)14)17-6(4)9(10,11)12/h3H,2H2,1H3,(H,13,14). The number of esters is 1. The van der Waals surface area contributed by atoms with Crippen LogP contribution < -0.4 is 0 Å². The highest BCUT2D eigenvalue weighted by atomic mass is 19.4. The van der Waals surface area contributed by atoms with Gasteiger partial charge in [-0.2, -0.15) is 13.2 Å². The quantitative estimate of drug-likeness (QED) is 0.834. The smallest absolute Gasteiger partial charge is 0.450 e. The number of carboxylic acid groups (broad SMARTS) is 1. The highest BCUT2D eigenvalue weighted by molar-refractivity contribution is 5.94.